The van der Waals surface area contributed by atoms with Gasteiger partial charge in [0.1, 0.15) is 6.61 Å². The predicted molar refractivity (Wildman–Crippen MR) is 89.9 cm³/mol. The molecule has 7 heteroatoms. The largest absolute Gasteiger partial charge is 0.490 e. The van der Waals surface area contributed by atoms with Gasteiger partial charge in [-0.05, 0) is 23.8 Å². The van der Waals surface area contributed by atoms with Gasteiger partial charge in [-0.1, -0.05) is 47.6 Å². The number of nitrogens with one attached hydrogen (secondary N) is 2. The molecule has 24 heavy (non-hydrogen) atoms. The average Bonchev–Trinajstić information content (AvgIpc) is 3.14. The summed E-state index contributed by atoms with van der Waals surface area (Å²) in [6.07, 6.45) is 0. The lowest BCUT2D eigenvalue weighted by molar-refractivity contribution is 0.267. The molecule has 1 aromatic heterocycles. The normalized spacial score (nSPS) is 10.4. The number of benzene rings is 2. The number of para-hydroxylation sites is 1. The summed E-state index contributed by atoms with van der Waals surface area (Å²) in [6, 6.07) is 15.8. The molecule has 3 aromatic rings. The van der Waals surface area contributed by atoms with Crippen LogP contribution in [0.3, 0.4) is 0 Å². The average molecular weight is 325 g/mol. The van der Waals surface area contributed by atoms with Gasteiger partial charge in [0.05, 0.1) is 6.61 Å². The number of anilines is 1. The molecule has 0 radical (unpaired) electrons. The molecular formula is C17H19N5O2. The first-order valence-electron chi connectivity index (χ1n) is 7.75. The van der Waals surface area contributed by atoms with Gasteiger partial charge in [-0.2, -0.15) is 5.21 Å². The van der Waals surface area contributed by atoms with Crippen molar-refractivity contribution in [1.82, 2.24) is 20.6 Å². The highest BCUT2D eigenvalue weighted by Crippen LogP contribution is 2.32. The van der Waals surface area contributed by atoms with E-state index in [1.54, 1.807) is 0 Å². The van der Waals surface area contributed by atoms with Gasteiger partial charge < -0.3 is 14.8 Å². The minimum Gasteiger partial charge on any atom is -0.490 e. The van der Waals surface area contributed by atoms with Gasteiger partial charge in [0.2, 0.25) is 0 Å². The Morgan fingerprint density at radius 1 is 1.04 bits per heavy atom. The van der Waals surface area contributed by atoms with E-state index in [-0.39, 0.29) is 0 Å². The molecule has 0 saturated heterocycles. The van der Waals surface area contributed by atoms with Gasteiger partial charge in [0.15, 0.2) is 11.5 Å². The number of hydrogen-bond acceptors (Lipinski definition) is 6. The Hall–Kier alpha value is -3.09. The van der Waals surface area contributed by atoms with Crippen LogP contribution in [0.1, 0.15) is 18.1 Å². The third-order valence-corrected chi connectivity index (χ3v) is 3.37. The van der Waals surface area contributed by atoms with Crippen molar-refractivity contribution in [3.63, 3.8) is 0 Å². The molecule has 0 bridgehead atoms. The summed E-state index contributed by atoms with van der Waals surface area (Å²) in [4.78, 5) is 0. The lowest BCUT2D eigenvalue weighted by Gasteiger charge is -2.16. The van der Waals surface area contributed by atoms with Gasteiger partial charge >= 0.3 is 0 Å². The predicted octanol–water partition coefficient (Wildman–Crippen LogP) is 2.79. The first kappa shape index (κ1) is 15.8. The maximum absolute atomic E-state index is 6.05. The van der Waals surface area contributed by atoms with Crippen molar-refractivity contribution >= 4 is 5.95 Å². The highest BCUT2D eigenvalue weighted by atomic mass is 16.5. The smallest absolute Gasteiger partial charge is 0.263 e. The van der Waals surface area contributed by atoms with Gasteiger partial charge in [0.25, 0.3) is 5.95 Å². The van der Waals surface area contributed by atoms with Crippen LogP contribution in [0.2, 0.25) is 0 Å². The molecule has 0 spiro atoms. The van der Waals surface area contributed by atoms with Gasteiger partial charge in [-0.3, -0.25) is 0 Å². The van der Waals surface area contributed by atoms with E-state index < -0.39 is 0 Å². The molecule has 0 amide bonds. The molecule has 0 aliphatic rings. The molecule has 0 atom stereocenters. The molecule has 0 aliphatic carbocycles. The third kappa shape index (κ3) is 4.01. The van der Waals surface area contributed by atoms with Crippen LogP contribution in [0, 0.1) is 0 Å². The number of tetrazole rings is 1. The molecule has 0 aliphatic heterocycles. The van der Waals surface area contributed by atoms with E-state index in [0.717, 1.165) is 22.6 Å². The number of nitrogens with zero attached hydrogens (tertiary/aromatic N) is 3. The fraction of sp³-hybridized carbons (Fsp3) is 0.235. The minimum absolute atomic E-state index is 0.436. The highest BCUT2D eigenvalue weighted by molar-refractivity contribution is 5.48. The van der Waals surface area contributed by atoms with Crippen LogP contribution < -0.4 is 14.8 Å². The van der Waals surface area contributed by atoms with E-state index >= 15 is 0 Å². The van der Waals surface area contributed by atoms with Crippen LogP contribution >= 0.6 is 0 Å². The molecule has 3 rings (SSSR count). The van der Waals surface area contributed by atoms with Crippen LogP contribution in [-0.4, -0.2) is 27.2 Å². The number of aromatic amines is 1. The first-order valence-corrected chi connectivity index (χ1v) is 7.75. The Morgan fingerprint density at radius 2 is 1.92 bits per heavy atom. The lowest BCUT2D eigenvalue weighted by Crippen LogP contribution is -2.06. The van der Waals surface area contributed by atoms with Crippen LogP contribution in [0.15, 0.2) is 48.5 Å². The quantitative estimate of drug-likeness (QED) is 0.662. The second-order valence-electron chi connectivity index (χ2n) is 5.04. The molecule has 7 nitrogen and oxygen atoms in total. The van der Waals surface area contributed by atoms with Crippen molar-refractivity contribution in [2.24, 2.45) is 0 Å². The maximum Gasteiger partial charge on any atom is 0.263 e. The van der Waals surface area contributed by atoms with Crippen molar-refractivity contribution in [3.05, 3.63) is 59.7 Å². The van der Waals surface area contributed by atoms with Crippen LogP contribution in [0.5, 0.6) is 11.5 Å². The molecule has 0 fully saturated rings. The minimum atomic E-state index is 0.436. The molecule has 2 aromatic carbocycles. The van der Waals surface area contributed by atoms with Gasteiger partial charge in [-0.15, -0.1) is 5.10 Å². The van der Waals surface area contributed by atoms with Crippen LogP contribution in [0.4, 0.5) is 5.95 Å². The summed E-state index contributed by atoms with van der Waals surface area (Å²) in [7, 11) is 0. The topological polar surface area (TPSA) is 85.0 Å². The summed E-state index contributed by atoms with van der Waals surface area (Å²) >= 11 is 0. The Kier molecular flexibility index (Phi) is 5.24. The standard InChI is InChI=1S/C17H19N5O2/c1-2-23-15-10-6-9-14(11-18-17-19-21-22-20-17)16(15)24-12-13-7-4-3-5-8-13/h3-10H,2,11-12H2,1H3,(H2,18,19,20,21,22). The highest BCUT2D eigenvalue weighted by Gasteiger charge is 2.12. The maximum atomic E-state index is 6.05. The van der Waals surface area contributed by atoms with E-state index in [1.807, 2.05) is 55.5 Å². The summed E-state index contributed by atoms with van der Waals surface area (Å²) in [5.74, 6) is 1.88. The van der Waals surface area contributed by atoms with Crippen molar-refractivity contribution in [3.8, 4) is 11.5 Å². The third-order valence-electron chi connectivity index (χ3n) is 3.37. The Balaban J connectivity index is 1.77. The SMILES string of the molecule is CCOc1cccc(CNc2nn[nH]n2)c1OCc1ccccc1. The molecule has 0 saturated carbocycles. The molecule has 124 valence electrons. The summed E-state index contributed by atoms with van der Waals surface area (Å²) in [6.45, 7) is 3.50. The van der Waals surface area contributed by atoms with Gasteiger partial charge in [0, 0.05) is 12.1 Å². The zero-order chi connectivity index (χ0) is 16.6. The number of H-pyrrole nitrogens is 1. The van der Waals surface area contributed by atoms with Crippen molar-refractivity contribution in [2.75, 3.05) is 11.9 Å². The van der Waals surface area contributed by atoms with Crippen molar-refractivity contribution in [1.29, 1.82) is 0 Å². The first-order chi connectivity index (χ1) is 11.9. The Bertz CT molecular complexity index is 747. The van der Waals surface area contributed by atoms with Gasteiger partial charge in [-0.25, -0.2) is 0 Å². The summed E-state index contributed by atoms with van der Waals surface area (Å²) in [5.41, 5.74) is 2.06. The van der Waals surface area contributed by atoms with E-state index in [2.05, 4.69) is 25.9 Å². The number of aromatic nitrogens is 4. The fourth-order valence-corrected chi connectivity index (χ4v) is 2.27. The fourth-order valence-electron chi connectivity index (χ4n) is 2.27. The molecule has 2 N–H and O–H groups in total. The zero-order valence-electron chi connectivity index (χ0n) is 13.4. The Labute approximate surface area is 140 Å². The summed E-state index contributed by atoms with van der Waals surface area (Å²) < 4.78 is 11.7. The van der Waals surface area contributed by atoms with Crippen LogP contribution in [-0.2, 0) is 13.2 Å². The van der Waals surface area contributed by atoms with Crippen LogP contribution in [0.25, 0.3) is 0 Å². The lowest BCUT2D eigenvalue weighted by atomic mass is 10.1. The molecule has 1 heterocycles. The second-order valence-corrected chi connectivity index (χ2v) is 5.04. The zero-order valence-corrected chi connectivity index (χ0v) is 13.4. The van der Waals surface area contributed by atoms with E-state index in [1.165, 1.54) is 0 Å². The number of hydrogen-bond donors (Lipinski definition) is 2. The summed E-state index contributed by atoms with van der Waals surface area (Å²) in [5, 5.41) is 16.8. The molecular weight excluding hydrogens is 306 g/mol. The Morgan fingerprint density at radius 3 is 2.67 bits per heavy atom. The van der Waals surface area contributed by atoms with E-state index in [0.29, 0.717) is 25.7 Å². The van der Waals surface area contributed by atoms with E-state index in [4.69, 9.17) is 9.47 Å². The number of rotatable bonds is 8. The second kappa shape index (κ2) is 7.96. The van der Waals surface area contributed by atoms with Crippen molar-refractivity contribution < 1.29 is 9.47 Å². The number of ether oxygens (including phenoxy) is 2. The van der Waals surface area contributed by atoms with Crippen molar-refractivity contribution in [2.45, 2.75) is 20.1 Å². The molecule has 0 unspecified atom stereocenters. The monoisotopic (exact) mass is 325 g/mol. The van der Waals surface area contributed by atoms with E-state index in [9.17, 15) is 0 Å².